The van der Waals surface area contributed by atoms with Gasteiger partial charge in [0.2, 0.25) is 5.91 Å². The van der Waals surface area contributed by atoms with Crippen LogP contribution in [0.1, 0.15) is 42.6 Å². The molecule has 1 N–H and O–H groups in total. The first kappa shape index (κ1) is 19.4. The molecular formula is C23H20N6OS. The molecule has 0 aliphatic heterocycles. The van der Waals surface area contributed by atoms with Crippen LogP contribution >= 0.6 is 11.8 Å². The number of thioether (sulfide) groups is 1. The Bertz CT molecular complexity index is 1330. The second-order valence-corrected chi connectivity index (χ2v) is 8.55. The summed E-state index contributed by atoms with van der Waals surface area (Å²) in [5.41, 5.74) is 4.22. The molecule has 1 saturated carbocycles. The minimum atomic E-state index is -0.109. The number of amides is 1. The van der Waals surface area contributed by atoms with Gasteiger partial charge in [-0.2, -0.15) is 5.26 Å². The number of aromatic nitrogens is 4. The van der Waals surface area contributed by atoms with Crippen LogP contribution in [-0.4, -0.2) is 25.1 Å². The maximum atomic E-state index is 11.5. The number of nitrogens with zero attached hydrogens (tertiary/aromatic N) is 5. The number of rotatable bonds is 6. The van der Waals surface area contributed by atoms with Crippen molar-refractivity contribution in [3.05, 3.63) is 71.8 Å². The van der Waals surface area contributed by atoms with E-state index in [1.54, 1.807) is 11.8 Å². The molecule has 1 aliphatic rings. The van der Waals surface area contributed by atoms with Crippen molar-refractivity contribution in [1.82, 2.24) is 19.2 Å². The van der Waals surface area contributed by atoms with Crippen LogP contribution in [0.2, 0.25) is 0 Å². The van der Waals surface area contributed by atoms with E-state index in [9.17, 15) is 10.1 Å². The molecule has 0 saturated heterocycles. The first-order valence-corrected chi connectivity index (χ1v) is 11.1. The predicted molar refractivity (Wildman–Crippen MR) is 119 cm³/mol. The van der Waals surface area contributed by atoms with E-state index in [1.165, 1.54) is 6.92 Å². The van der Waals surface area contributed by atoms with Crippen molar-refractivity contribution in [2.45, 2.75) is 36.6 Å². The zero-order chi connectivity index (χ0) is 21.4. The van der Waals surface area contributed by atoms with Crippen molar-refractivity contribution in [3.63, 3.8) is 0 Å². The maximum absolute atomic E-state index is 11.5. The van der Waals surface area contributed by atoms with E-state index in [-0.39, 0.29) is 5.91 Å². The third kappa shape index (κ3) is 3.80. The summed E-state index contributed by atoms with van der Waals surface area (Å²) < 4.78 is 4.06. The largest absolute Gasteiger partial charge is 0.326 e. The van der Waals surface area contributed by atoms with Gasteiger partial charge in [-0.25, -0.2) is 0 Å². The van der Waals surface area contributed by atoms with Crippen molar-refractivity contribution >= 4 is 28.9 Å². The molecule has 1 amide bonds. The zero-order valence-corrected chi connectivity index (χ0v) is 17.8. The average Bonchev–Trinajstić information content (AvgIpc) is 3.41. The Morgan fingerprint density at radius 2 is 2.13 bits per heavy atom. The van der Waals surface area contributed by atoms with Crippen LogP contribution in [0.4, 0.5) is 5.69 Å². The van der Waals surface area contributed by atoms with Gasteiger partial charge < -0.3 is 9.72 Å². The van der Waals surface area contributed by atoms with Crippen LogP contribution < -0.4 is 5.32 Å². The zero-order valence-electron chi connectivity index (χ0n) is 16.9. The van der Waals surface area contributed by atoms with Crippen molar-refractivity contribution in [1.29, 1.82) is 5.26 Å². The average molecular weight is 429 g/mol. The Hall–Kier alpha value is -3.57. The highest BCUT2D eigenvalue weighted by molar-refractivity contribution is 7.98. The number of hydrogen-bond donors (Lipinski definition) is 1. The van der Waals surface area contributed by atoms with Crippen LogP contribution in [0.5, 0.6) is 0 Å². The molecule has 0 radical (unpaired) electrons. The molecule has 154 valence electrons. The second kappa shape index (κ2) is 7.93. The summed E-state index contributed by atoms with van der Waals surface area (Å²) in [6.07, 6.45) is 6.17. The van der Waals surface area contributed by atoms with Crippen LogP contribution in [0.3, 0.4) is 0 Å². The Morgan fingerprint density at radius 3 is 2.90 bits per heavy atom. The molecular weight excluding hydrogens is 408 g/mol. The molecule has 7 nitrogen and oxygen atoms in total. The monoisotopic (exact) mass is 428 g/mol. The Labute approximate surface area is 183 Å². The van der Waals surface area contributed by atoms with Gasteiger partial charge in [-0.1, -0.05) is 23.9 Å². The molecule has 1 fully saturated rings. The number of nitrogens with one attached hydrogen (secondary N) is 1. The summed E-state index contributed by atoms with van der Waals surface area (Å²) in [7, 11) is 0. The Balaban J connectivity index is 1.49. The van der Waals surface area contributed by atoms with Crippen LogP contribution in [-0.2, 0) is 10.5 Å². The number of pyridine rings is 1. The number of hydrogen-bond acceptors (Lipinski definition) is 5. The lowest BCUT2D eigenvalue weighted by Gasteiger charge is -2.11. The molecule has 8 heteroatoms. The van der Waals surface area contributed by atoms with Crippen molar-refractivity contribution in [2.24, 2.45) is 0 Å². The fourth-order valence-electron chi connectivity index (χ4n) is 3.71. The molecule has 1 aliphatic carbocycles. The molecule has 0 bridgehead atoms. The van der Waals surface area contributed by atoms with Crippen molar-refractivity contribution < 1.29 is 4.79 Å². The summed E-state index contributed by atoms with van der Waals surface area (Å²) in [5, 5.41) is 22.2. The molecule has 0 unspecified atom stereocenters. The molecule has 1 aromatic carbocycles. The fraction of sp³-hybridized carbons (Fsp3) is 0.217. The topological polar surface area (TPSA) is 88.0 Å². The standard InChI is InChI=1S/C23H20N6OS/c1-15(30)25-18-5-4-6-19(11-18)29-22(16-8-9-16)26-27-23(29)31-14-17-13-28-10-3-2-7-21(28)20(17)12-24/h2-7,10-11,13,16H,8-9,14H2,1H3,(H,25,30). The Kier molecular flexibility index (Phi) is 4.96. The maximum Gasteiger partial charge on any atom is 0.221 e. The number of nitriles is 1. The van der Waals surface area contributed by atoms with Crippen molar-refractivity contribution in [3.8, 4) is 11.8 Å². The minimum Gasteiger partial charge on any atom is -0.326 e. The molecule has 5 rings (SSSR count). The molecule has 31 heavy (non-hydrogen) atoms. The van der Waals surface area contributed by atoms with Crippen LogP contribution in [0.15, 0.2) is 60.0 Å². The van der Waals surface area contributed by atoms with Gasteiger partial charge in [0.1, 0.15) is 11.9 Å². The highest BCUT2D eigenvalue weighted by Gasteiger charge is 2.31. The molecule has 4 aromatic rings. The number of fused-ring (bicyclic) bond motifs is 1. The van der Waals surface area contributed by atoms with E-state index in [0.717, 1.165) is 46.3 Å². The molecule has 3 aromatic heterocycles. The number of carbonyl (C=O) groups excluding carboxylic acids is 1. The van der Waals surface area contributed by atoms with E-state index < -0.39 is 0 Å². The van der Waals surface area contributed by atoms with Gasteiger partial charge in [-0.3, -0.25) is 9.36 Å². The van der Waals surface area contributed by atoms with Gasteiger partial charge in [-0.15, -0.1) is 10.2 Å². The lowest BCUT2D eigenvalue weighted by molar-refractivity contribution is -0.114. The minimum absolute atomic E-state index is 0.109. The van der Waals surface area contributed by atoms with E-state index in [0.29, 0.717) is 17.2 Å². The SMILES string of the molecule is CC(=O)Nc1cccc(-n2c(SCc3cn4ccccc4c3C#N)nnc2C2CC2)c1. The van der Waals surface area contributed by atoms with Crippen LogP contribution in [0, 0.1) is 11.3 Å². The fourth-order valence-corrected chi connectivity index (χ4v) is 4.64. The van der Waals surface area contributed by atoms with Gasteiger partial charge in [0, 0.05) is 36.7 Å². The summed E-state index contributed by atoms with van der Waals surface area (Å²) >= 11 is 1.56. The van der Waals surface area contributed by atoms with Crippen LogP contribution in [0.25, 0.3) is 11.2 Å². The van der Waals surface area contributed by atoms with E-state index in [2.05, 4.69) is 26.2 Å². The first-order valence-electron chi connectivity index (χ1n) is 10.1. The normalized spacial score (nSPS) is 13.3. The highest BCUT2D eigenvalue weighted by Crippen LogP contribution is 2.41. The first-order chi connectivity index (χ1) is 15.1. The second-order valence-electron chi connectivity index (χ2n) is 7.60. The number of carbonyl (C=O) groups is 1. The third-order valence-corrected chi connectivity index (χ3v) is 6.23. The van der Waals surface area contributed by atoms with Gasteiger partial charge in [0.05, 0.1) is 16.8 Å². The number of anilines is 1. The summed E-state index contributed by atoms with van der Waals surface area (Å²) in [5.74, 6) is 1.87. The lowest BCUT2D eigenvalue weighted by Crippen LogP contribution is -2.07. The molecule has 0 atom stereocenters. The highest BCUT2D eigenvalue weighted by atomic mass is 32.2. The van der Waals surface area contributed by atoms with E-state index in [4.69, 9.17) is 0 Å². The van der Waals surface area contributed by atoms with Gasteiger partial charge in [0.25, 0.3) is 0 Å². The molecule has 0 spiro atoms. The third-order valence-electron chi connectivity index (χ3n) is 5.26. The van der Waals surface area contributed by atoms with E-state index >= 15 is 0 Å². The predicted octanol–water partition coefficient (Wildman–Crippen LogP) is 4.52. The lowest BCUT2D eigenvalue weighted by atomic mass is 10.2. The van der Waals surface area contributed by atoms with Crippen molar-refractivity contribution in [2.75, 3.05) is 5.32 Å². The van der Waals surface area contributed by atoms with Gasteiger partial charge >= 0.3 is 0 Å². The summed E-state index contributed by atoms with van der Waals surface area (Å²) in [6, 6.07) is 15.9. The molecule has 3 heterocycles. The quantitative estimate of drug-likeness (QED) is 0.456. The summed E-state index contributed by atoms with van der Waals surface area (Å²) in [4.78, 5) is 11.5. The van der Waals surface area contributed by atoms with E-state index in [1.807, 2.05) is 59.3 Å². The number of benzene rings is 1. The van der Waals surface area contributed by atoms with Gasteiger partial charge in [0.15, 0.2) is 5.16 Å². The Morgan fingerprint density at radius 1 is 1.26 bits per heavy atom. The van der Waals surface area contributed by atoms with Gasteiger partial charge in [-0.05, 0) is 48.7 Å². The summed E-state index contributed by atoms with van der Waals surface area (Å²) in [6.45, 7) is 1.50. The smallest absolute Gasteiger partial charge is 0.221 e.